The highest BCUT2D eigenvalue weighted by molar-refractivity contribution is 5.49. The molecule has 0 unspecified atom stereocenters. The lowest BCUT2D eigenvalue weighted by Gasteiger charge is -2.25. The number of nitrogens with two attached hydrogens (primary N) is 1. The first-order valence-electron chi connectivity index (χ1n) is 7.90. The lowest BCUT2D eigenvalue weighted by atomic mass is 10.1. The smallest absolute Gasteiger partial charge is 0.0368 e. The summed E-state index contributed by atoms with van der Waals surface area (Å²) in [4.78, 5) is 2.60. The molecular weight excluding hydrogens is 232 g/mol. The van der Waals surface area contributed by atoms with E-state index in [9.17, 15) is 0 Å². The highest BCUT2D eigenvalue weighted by atomic mass is 15.2. The first kappa shape index (κ1) is 14.4. The summed E-state index contributed by atoms with van der Waals surface area (Å²) in [7, 11) is 0. The van der Waals surface area contributed by atoms with Gasteiger partial charge in [-0.15, -0.1) is 0 Å². The van der Waals surface area contributed by atoms with Crippen molar-refractivity contribution in [2.24, 2.45) is 5.73 Å². The van der Waals surface area contributed by atoms with E-state index in [1.807, 2.05) is 0 Å². The maximum Gasteiger partial charge on any atom is 0.0368 e. The second-order valence-corrected chi connectivity index (χ2v) is 5.71. The summed E-state index contributed by atoms with van der Waals surface area (Å²) < 4.78 is 0. The van der Waals surface area contributed by atoms with Crippen LogP contribution in [0.15, 0.2) is 24.3 Å². The molecule has 2 heteroatoms. The van der Waals surface area contributed by atoms with E-state index >= 15 is 0 Å². The molecule has 0 atom stereocenters. The zero-order valence-electron chi connectivity index (χ0n) is 12.3. The lowest BCUT2D eigenvalue weighted by molar-refractivity contribution is 0.616. The summed E-state index contributed by atoms with van der Waals surface area (Å²) in [6.07, 6.45) is 9.54. The molecule has 0 saturated heterocycles. The van der Waals surface area contributed by atoms with Crippen LogP contribution >= 0.6 is 0 Å². The number of benzene rings is 1. The summed E-state index contributed by atoms with van der Waals surface area (Å²) in [6.45, 7) is 4.13. The van der Waals surface area contributed by atoms with Crippen molar-refractivity contribution in [2.75, 3.05) is 11.4 Å². The molecule has 0 amide bonds. The summed E-state index contributed by atoms with van der Waals surface area (Å²) in [6, 6.07) is 9.62. The quantitative estimate of drug-likeness (QED) is 0.678. The predicted octanol–water partition coefficient (Wildman–Crippen LogP) is 4.08. The fraction of sp³-hybridized carbons (Fsp3) is 0.647. The van der Waals surface area contributed by atoms with Crippen molar-refractivity contribution < 1.29 is 0 Å². The third-order valence-corrected chi connectivity index (χ3v) is 3.99. The highest BCUT2D eigenvalue weighted by Gasteiger charge is 2.28. The van der Waals surface area contributed by atoms with Crippen LogP contribution in [0.5, 0.6) is 0 Å². The van der Waals surface area contributed by atoms with Gasteiger partial charge in [0.15, 0.2) is 0 Å². The van der Waals surface area contributed by atoms with Gasteiger partial charge in [-0.1, -0.05) is 44.7 Å². The summed E-state index contributed by atoms with van der Waals surface area (Å²) in [5.41, 5.74) is 8.27. The Kier molecular flexibility index (Phi) is 5.71. The highest BCUT2D eigenvalue weighted by Crippen LogP contribution is 2.32. The average Bonchev–Trinajstić information content (AvgIpc) is 3.28. The van der Waals surface area contributed by atoms with Crippen LogP contribution in [0.3, 0.4) is 0 Å². The molecule has 1 aromatic carbocycles. The minimum atomic E-state index is 0.640. The van der Waals surface area contributed by atoms with Gasteiger partial charge in [0, 0.05) is 24.8 Å². The van der Waals surface area contributed by atoms with Crippen molar-refractivity contribution in [1.82, 2.24) is 0 Å². The van der Waals surface area contributed by atoms with Crippen LogP contribution in [-0.2, 0) is 6.54 Å². The van der Waals surface area contributed by atoms with Crippen molar-refractivity contribution in [3.8, 4) is 0 Å². The Bertz CT molecular complexity index is 354. The normalized spacial score (nSPS) is 14.6. The van der Waals surface area contributed by atoms with E-state index in [1.165, 1.54) is 62.7 Å². The lowest BCUT2D eigenvalue weighted by Crippen LogP contribution is -2.26. The van der Waals surface area contributed by atoms with Crippen molar-refractivity contribution >= 4 is 5.69 Å². The molecule has 1 aliphatic carbocycles. The number of hydrogen-bond donors (Lipinski definition) is 1. The fourth-order valence-electron chi connectivity index (χ4n) is 2.62. The largest absolute Gasteiger partial charge is 0.369 e. The minimum Gasteiger partial charge on any atom is -0.369 e. The standard InChI is InChI=1S/C17H28N2/c1-2-3-4-5-6-13-19(17-11-12-17)16-9-7-15(14-18)8-10-16/h7-10,17H,2-6,11-14,18H2,1H3. The molecule has 1 aliphatic rings. The maximum absolute atomic E-state index is 5.66. The van der Waals surface area contributed by atoms with Crippen molar-refractivity contribution in [1.29, 1.82) is 0 Å². The number of unbranched alkanes of at least 4 members (excludes halogenated alkanes) is 4. The summed E-state index contributed by atoms with van der Waals surface area (Å²) >= 11 is 0. The van der Waals surface area contributed by atoms with Gasteiger partial charge in [0.2, 0.25) is 0 Å². The zero-order valence-corrected chi connectivity index (χ0v) is 12.3. The van der Waals surface area contributed by atoms with Gasteiger partial charge in [0.1, 0.15) is 0 Å². The molecule has 1 aromatic rings. The molecule has 106 valence electrons. The number of rotatable bonds is 9. The van der Waals surface area contributed by atoms with Crippen molar-refractivity contribution in [3.63, 3.8) is 0 Å². The van der Waals surface area contributed by atoms with Crippen LogP contribution in [-0.4, -0.2) is 12.6 Å². The Morgan fingerprint density at radius 3 is 2.32 bits per heavy atom. The second kappa shape index (κ2) is 7.54. The summed E-state index contributed by atoms with van der Waals surface area (Å²) in [5.74, 6) is 0. The van der Waals surface area contributed by atoms with E-state index in [-0.39, 0.29) is 0 Å². The van der Waals surface area contributed by atoms with E-state index in [4.69, 9.17) is 5.73 Å². The third kappa shape index (κ3) is 4.54. The Morgan fingerprint density at radius 2 is 1.74 bits per heavy atom. The molecule has 0 bridgehead atoms. The van der Waals surface area contributed by atoms with Gasteiger partial charge in [-0.3, -0.25) is 0 Å². The molecule has 1 fully saturated rings. The monoisotopic (exact) mass is 260 g/mol. The molecule has 0 radical (unpaired) electrons. The number of nitrogens with zero attached hydrogens (tertiary/aromatic N) is 1. The first-order valence-corrected chi connectivity index (χ1v) is 7.90. The predicted molar refractivity (Wildman–Crippen MR) is 83.5 cm³/mol. The van der Waals surface area contributed by atoms with Crippen LogP contribution in [0.2, 0.25) is 0 Å². The Hall–Kier alpha value is -1.02. The van der Waals surface area contributed by atoms with Crippen LogP contribution < -0.4 is 10.6 Å². The second-order valence-electron chi connectivity index (χ2n) is 5.71. The van der Waals surface area contributed by atoms with Gasteiger partial charge in [-0.25, -0.2) is 0 Å². The molecule has 19 heavy (non-hydrogen) atoms. The molecule has 0 spiro atoms. The maximum atomic E-state index is 5.66. The SMILES string of the molecule is CCCCCCCN(c1ccc(CN)cc1)C1CC1. The van der Waals surface area contributed by atoms with Gasteiger partial charge >= 0.3 is 0 Å². The molecular formula is C17H28N2. The molecule has 0 aliphatic heterocycles. The van der Waals surface area contributed by atoms with Gasteiger partial charge < -0.3 is 10.6 Å². The minimum absolute atomic E-state index is 0.640. The Balaban J connectivity index is 1.84. The average molecular weight is 260 g/mol. The Labute approximate surface area is 118 Å². The van der Waals surface area contributed by atoms with E-state index in [2.05, 4.69) is 36.1 Å². The Morgan fingerprint density at radius 1 is 1.05 bits per heavy atom. The van der Waals surface area contributed by atoms with E-state index < -0.39 is 0 Å². The molecule has 0 aromatic heterocycles. The third-order valence-electron chi connectivity index (χ3n) is 3.99. The topological polar surface area (TPSA) is 29.3 Å². The van der Waals surface area contributed by atoms with Crippen molar-refractivity contribution in [2.45, 2.75) is 64.5 Å². The molecule has 2 N–H and O–H groups in total. The van der Waals surface area contributed by atoms with Crippen molar-refractivity contribution in [3.05, 3.63) is 29.8 Å². The molecule has 1 saturated carbocycles. The van der Waals surface area contributed by atoms with Gasteiger partial charge in [-0.05, 0) is 37.0 Å². The van der Waals surface area contributed by atoms with Gasteiger partial charge in [0.05, 0.1) is 0 Å². The van der Waals surface area contributed by atoms with Gasteiger partial charge in [0.25, 0.3) is 0 Å². The molecule has 2 nitrogen and oxygen atoms in total. The van der Waals surface area contributed by atoms with Crippen LogP contribution in [0.25, 0.3) is 0 Å². The first-order chi connectivity index (χ1) is 9.35. The number of hydrogen-bond acceptors (Lipinski definition) is 2. The van der Waals surface area contributed by atoms with Crippen LogP contribution in [0, 0.1) is 0 Å². The fourth-order valence-corrected chi connectivity index (χ4v) is 2.62. The zero-order chi connectivity index (χ0) is 13.5. The van der Waals surface area contributed by atoms with E-state index in [1.54, 1.807) is 0 Å². The molecule has 0 heterocycles. The van der Waals surface area contributed by atoms with Crippen LogP contribution in [0.4, 0.5) is 5.69 Å². The van der Waals surface area contributed by atoms with E-state index in [0.29, 0.717) is 6.54 Å². The van der Waals surface area contributed by atoms with Crippen LogP contribution in [0.1, 0.15) is 57.4 Å². The number of anilines is 1. The van der Waals surface area contributed by atoms with Gasteiger partial charge in [-0.2, -0.15) is 0 Å². The van der Waals surface area contributed by atoms with E-state index in [0.717, 1.165) is 6.04 Å². The molecule has 2 rings (SSSR count). The summed E-state index contributed by atoms with van der Waals surface area (Å²) in [5, 5.41) is 0.